The normalized spacial score (nSPS) is 12.7. The molecule has 3 aromatic rings. The Morgan fingerprint density at radius 2 is 1.80 bits per heavy atom. The number of benzene rings is 2. The van der Waals surface area contributed by atoms with Gasteiger partial charge in [-0.15, -0.1) is 5.10 Å². The van der Waals surface area contributed by atoms with E-state index in [2.05, 4.69) is 30.8 Å². The fraction of sp³-hybridized carbons (Fsp3) is 0.222. The Labute approximate surface area is 179 Å². The van der Waals surface area contributed by atoms with Crippen LogP contribution in [0.2, 0.25) is 0 Å². The third-order valence-corrected chi connectivity index (χ3v) is 6.23. The number of aromatic nitrogens is 3. The van der Waals surface area contributed by atoms with Gasteiger partial charge >= 0.3 is 6.01 Å². The summed E-state index contributed by atoms with van der Waals surface area (Å²) in [6, 6.07) is 5.72. The number of nitrogens with one attached hydrogen (secondary N) is 1. The molecule has 1 N–H and O–H groups in total. The Hall–Kier alpha value is -2.44. The SMILES string of the molecule is CCn1c(Oc2ccc(F)cc2)nnc1[C@@H](C)NS(=O)(=O)c1cc(Br)c(F)cc1F. The number of ether oxygens (including phenoxy) is 1. The lowest BCUT2D eigenvalue weighted by Crippen LogP contribution is -2.29. The van der Waals surface area contributed by atoms with Crippen LogP contribution in [-0.2, 0) is 16.6 Å². The molecule has 1 heterocycles. The van der Waals surface area contributed by atoms with Crippen molar-refractivity contribution in [1.82, 2.24) is 19.5 Å². The van der Waals surface area contributed by atoms with Crippen molar-refractivity contribution >= 4 is 26.0 Å². The van der Waals surface area contributed by atoms with Crippen LogP contribution in [0.4, 0.5) is 13.2 Å². The van der Waals surface area contributed by atoms with Crippen molar-refractivity contribution in [3.8, 4) is 11.8 Å². The second-order valence-corrected chi connectivity index (χ2v) is 8.72. The monoisotopic (exact) mass is 504 g/mol. The summed E-state index contributed by atoms with van der Waals surface area (Å²) in [4.78, 5) is -0.715. The van der Waals surface area contributed by atoms with E-state index >= 15 is 0 Å². The van der Waals surface area contributed by atoms with Gasteiger partial charge in [0.1, 0.15) is 28.1 Å². The summed E-state index contributed by atoms with van der Waals surface area (Å²) >= 11 is 2.85. The highest BCUT2D eigenvalue weighted by molar-refractivity contribution is 9.10. The number of halogens is 4. The molecule has 0 spiro atoms. The molecule has 0 aliphatic carbocycles. The fourth-order valence-corrected chi connectivity index (χ4v) is 4.44. The van der Waals surface area contributed by atoms with Crippen molar-refractivity contribution in [3.05, 3.63) is 64.1 Å². The van der Waals surface area contributed by atoms with Gasteiger partial charge < -0.3 is 4.74 Å². The molecule has 2 aromatic carbocycles. The lowest BCUT2D eigenvalue weighted by molar-refractivity contribution is 0.407. The van der Waals surface area contributed by atoms with E-state index in [1.807, 2.05) is 0 Å². The quantitative estimate of drug-likeness (QED) is 0.484. The molecule has 0 unspecified atom stereocenters. The number of nitrogens with zero attached hydrogens (tertiary/aromatic N) is 3. The molecule has 0 saturated carbocycles. The number of hydrogen-bond donors (Lipinski definition) is 1. The van der Waals surface area contributed by atoms with Gasteiger partial charge in [0, 0.05) is 12.6 Å². The van der Waals surface area contributed by atoms with Crippen LogP contribution in [0.15, 0.2) is 45.8 Å². The summed E-state index contributed by atoms with van der Waals surface area (Å²) in [6.07, 6.45) is 0. The zero-order valence-electron chi connectivity index (χ0n) is 15.7. The maximum absolute atomic E-state index is 14.0. The van der Waals surface area contributed by atoms with Gasteiger partial charge in [0.2, 0.25) is 10.0 Å². The van der Waals surface area contributed by atoms with E-state index in [-0.39, 0.29) is 16.3 Å². The molecule has 1 atom stereocenters. The molecule has 0 bridgehead atoms. The summed E-state index contributed by atoms with van der Waals surface area (Å²) in [5.74, 6) is -2.06. The molecular formula is C18H16BrF3N4O3S. The van der Waals surface area contributed by atoms with Gasteiger partial charge in [0.25, 0.3) is 0 Å². The highest BCUT2D eigenvalue weighted by Gasteiger charge is 2.27. The van der Waals surface area contributed by atoms with Crippen LogP contribution < -0.4 is 9.46 Å². The lowest BCUT2D eigenvalue weighted by Gasteiger charge is -2.16. The van der Waals surface area contributed by atoms with Crippen LogP contribution in [0, 0.1) is 17.5 Å². The van der Waals surface area contributed by atoms with Crippen molar-refractivity contribution in [1.29, 1.82) is 0 Å². The molecule has 160 valence electrons. The Morgan fingerprint density at radius 1 is 1.13 bits per heavy atom. The predicted molar refractivity (Wildman–Crippen MR) is 105 cm³/mol. The molecule has 0 radical (unpaired) electrons. The summed E-state index contributed by atoms with van der Waals surface area (Å²) < 4.78 is 74.9. The highest BCUT2D eigenvalue weighted by atomic mass is 79.9. The van der Waals surface area contributed by atoms with E-state index in [0.717, 1.165) is 6.07 Å². The van der Waals surface area contributed by atoms with E-state index in [4.69, 9.17) is 4.74 Å². The molecular weight excluding hydrogens is 489 g/mol. The van der Waals surface area contributed by atoms with E-state index in [0.29, 0.717) is 18.4 Å². The van der Waals surface area contributed by atoms with E-state index < -0.39 is 38.4 Å². The van der Waals surface area contributed by atoms with Crippen molar-refractivity contribution in [2.75, 3.05) is 0 Å². The first-order valence-electron chi connectivity index (χ1n) is 8.65. The summed E-state index contributed by atoms with van der Waals surface area (Å²) in [6.45, 7) is 3.59. The lowest BCUT2D eigenvalue weighted by atomic mass is 10.3. The summed E-state index contributed by atoms with van der Waals surface area (Å²) in [5, 5.41) is 7.86. The molecule has 3 rings (SSSR count). The third-order valence-electron chi connectivity index (χ3n) is 4.07. The van der Waals surface area contributed by atoms with Crippen molar-refractivity contribution in [2.45, 2.75) is 31.3 Å². The van der Waals surface area contributed by atoms with Crippen molar-refractivity contribution < 1.29 is 26.3 Å². The largest absolute Gasteiger partial charge is 0.424 e. The number of sulfonamides is 1. The maximum atomic E-state index is 14.0. The van der Waals surface area contributed by atoms with Gasteiger partial charge in [-0.2, -0.15) is 0 Å². The second kappa shape index (κ2) is 8.74. The maximum Gasteiger partial charge on any atom is 0.322 e. The second-order valence-electron chi connectivity index (χ2n) is 6.18. The Balaban J connectivity index is 1.86. The zero-order chi connectivity index (χ0) is 22.1. The minimum Gasteiger partial charge on any atom is -0.424 e. The third kappa shape index (κ3) is 4.65. The predicted octanol–water partition coefficient (Wildman–Crippen LogP) is 4.31. The van der Waals surface area contributed by atoms with Gasteiger partial charge in [-0.25, -0.2) is 26.3 Å². The minimum absolute atomic E-state index is 0.0702. The van der Waals surface area contributed by atoms with E-state index in [1.165, 1.54) is 35.8 Å². The van der Waals surface area contributed by atoms with Crippen molar-refractivity contribution in [2.24, 2.45) is 0 Å². The summed E-state index contributed by atoms with van der Waals surface area (Å²) in [5.41, 5.74) is 0. The molecule has 0 aliphatic heterocycles. The Bertz CT molecular complexity index is 1170. The molecule has 12 heteroatoms. The van der Waals surface area contributed by atoms with Crippen LogP contribution in [0.5, 0.6) is 11.8 Å². The molecule has 0 aliphatic rings. The first-order chi connectivity index (χ1) is 14.1. The average molecular weight is 505 g/mol. The van der Waals surface area contributed by atoms with Crippen LogP contribution >= 0.6 is 15.9 Å². The van der Waals surface area contributed by atoms with Gasteiger partial charge in [-0.05, 0) is 60.1 Å². The Morgan fingerprint density at radius 3 is 2.43 bits per heavy atom. The molecule has 30 heavy (non-hydrogen) atoms. The van der Waals surface area contributed by atoms with Crippen LogP contribution in [0.1, 0.15) is 25.7 Å². The smallest absolute Gasteiger partial charge is 0.322 e. The zero-order valence-corrected chi connectivity index (χ0v) is 18.1. The number of rotatable bonds is 7. The van der Waals surface area contributed by atoms with E-state index in [1.54, 1.807) is 6.92 Å². The first-order valence-corrected chi connectivity index (χ1v) is 10.9. The van der Waals surface area contributed by atoms with Crippen LogP contribution in [-0.4, -0.2) is 23.2 Å². The number of hydrogen-bond acceptors (Lipinski definition) is 5. The van der Waals surface area contributed by atoms with Gasteiger partial charge in [-0.3, -0.25) is 4.57 Å². The molecule has 7 nitrogen and oxygen atoms in total. The molecule has 0 fully saturated rings. The fourth-order valence-electron chi connectivity index (χ4n) is 2.66. The topological polar surface area (TPSA) is 86.1 Å². The minimum atomic E-state index is -4.34. The average Bonchev–Trinajstić information content (AvgIpc) is 3.08. The van der Waals surface area contributed by atoms with Gasteiger partial charge in [0.15, 0.2) is 5.82 Å². The molecule has 1 aromatic heterocycles. The Kier molecular flexibility index (Phi) is 6.48. The standard InChI is InChI=1S/C18H16BrF3N4O3S/c1-3-26-17(23-24-18(26)29-12-6-4-11(20)5-7-12)10(2)25-30(27,28)16-8-13(19)14(21)9-15(16)22/h4-10,25H,3H2,1-2H3/t10-/m1/s1. The van der Waals surface area contributed by atoms with Crippen LogP contribution in [0.25, 0.3) is 0 Å². The molecule has 0 saturated heterocycles. The van der Waals surface area contributed by atoms with Gasteiger partial charge in [-0.1, -0.05) is 5.10 Å². The first kappa shape index (κ1) is 22.2. The van der Waals surface area contributed by atoms with Crippen molar-refractivity contribution in [3.63, 3.8) is 0 Å². The van der Waals surface area contributed by atoms with Crippen LogP contribution in [0.3, 0.4) is 0 Å². The summed E-state index contributed by atoms with van der Waals surface area (Å²) in [7, 11) is -4.34. The van der Waals surface area contributed by atoms with E-state index in [9.17, 15) is 21.6 Å². The van der Waals surface area contributed by atoms with Gasteiger partial charge in [0.05, 0.1) is 10.5 Å². The molecule has 0 amide bonds. The highest BCUT2D eigenvalue weighted by Crippen LogP contribution is 2.26.